The Bertz CT molecular complexity index is 240. The Balaban J connectivity index is 3.18. The van der Waals surface area contributed by atoms with Crippen molar-refractivity contribution in [3.63, 3.8) is 0 Å². The Morgan fingerprint density at radius 2 is 2.30 bits per heavy atom. The summed E-state index contributed by atoms with van der Waals surface area (Å²) in [7, 11) is 0. The molecule has 0 bridgehead atoms. The Kier molecular flexibility index (Phi) is 2.37. The molecule has 0 unspecified atom stereocenters. The molecule has 0 N–H and O–H groups in total. The molecule has 1 rings (SSSR count). The summed E-state index contributed by atoms with van der Waals surface area (Å²) in [6.45, 7) is 1.87. The van der Waals surface area contributed by atoms with Crippen LogP contribution in [0.25, 0.3) is 0 Å². The van der Waals surface area contributed by atoms with Crippen LogP contribution in [0.2, 0.25) is 0 Å². The number of halogens is 1. The van der Waals surface area contributed by atoms with Gasteiger partial charge in [0.05, 0.1) is 0 Å². The first-order valence-corrected chi connectivity index (χ1v) is 3.89. The number of hydrogen-bond acceptors (Lipinski definition) is 2. The maximum Gasteiger partial charge on any atom is 0.168 e. The number of pyridine rings is 1. The van der Waals surface area contributed by atoms with Crippen molar-refractivity contribution in [1.29, 1.82) is 0 Å². The lowest BCUT2D eigenvalue weighted by Crippen LogP contribution is -1.90. The first-order valence-electron chi connectivity index (χ1n) is 2.82. The van der Waals surface area contributed by atoms with Crippen LogP contribution in [-0.2, 0) is 0 Å². The summed E-state index contributed by atoms with van der Waals surface area (Å²) in [6.07, 6.45) is 0.759. The molecule has 0 aromatic carbocycles. The normalized spacial score (nSPS) is 9.40. The predicted octanol–water partition coefficient (Wildman–Crippen LogP) is 1.81. The fourth-order valence-electron chi connectivity index (χ4n) is 0.711. The fraction of sp³-hybridized carbons (Fsp3) is 0.143. The van der Waals surface area contributed by atoms with Crippen molar-refractivity contribution in [2.24, 2.45) is 0 Å². The van der Waals surface area contributed by atoms with Gasteiger partial charge in [-0.15, -0.1) is 0 Å². The van der Waals surface area contributed by atoms with E-state index in [1.807, 2.05) is 13.0 Å². The zero-order valence-corrected chi connectivity index (χ0v) is 7.62. The SMILES string of the molecule is Cc1cc(I)cc(C=O)n1. The van der Waals surface area contributed by atoms with Crippen LogP contribution < -0.4 is 0 Å². The first-order chi connectivity index (χ1) is 4.72. The van der Waals surface area contributed by atoms with E-state index in [1.54, 1.807) is 6.07 Å². The van der Waals surface area contributed by atoms with Gasteiger partial charge >= 0.3 is 0 Å². The third kappa shape index (κ3) is 1.76. The summed E-state index contributed by atoms with van der Waals surface area (Å²) in [5.41, 5.74) is 1.39. The van der Waals surface area contributed by atoms with Crippen LogP contribution in [-0.4, -0.2) is 11.3 Å². The Morgan fingerprint density at radius 1 is 1.60 bits per heavy atom. The topological polar surface area (TPSA) is 30.0 Å². The van der Waals surface area contributed by atoms with Crippen LogP contribution >= 0.6 is 22.6 Å². The molecule has 1 aromatic heterocycles. The highest BCUT2D eigenvalue weighted by Crippen LogP contribution is 2.06. The minimum Gasteiger partial charge on any atom is -0.296 e. The lowest BCUT2D eigenvalue weighted by atomic mass is 10.3. The van der Waals surface area contributed by atoms with Gasteiger partial charge in [-0.25, -0.2) is 0 Å². The van der Waals surface area contributed by atoms with E-state index in [0.717, 1.165) is 15.6 Å². The molecule has 0 aliphatic rings. The summed E-state index contributed by atoms with van der Waals surface area (Å²) in [4.78, 5) is 14.2. The molecule has 52 valence electrons. The molecule has 2 nitrogen and oxygen atoms in total. The number of aryl methyl sites for hydroxylation is 1. The van der Waals surface area contributed by atoms with Crippen LogP contribution in [0.5, 0.6) is 0 Å². The lowest BCUT2D eigenvalue weighted by molar-refractivity contribution is 0.111. The standard InChI is InChI=1S/C7H6INO/c1-5-2-6(8)3-7(4-10)9-5/h2-4H,1H3. The number of carbonyl (C=O) groups excluding carboxylic acids is 1. The van der Waals surface area contributed by atoms with Crippen molar-refractivity contribution in [3.8, 4) is 0 Å². The van der Waals surface area contributed by atoms with E-state index in [2.05, 4.69) is 27.6 Å². The molecule has 0 aliphatic heterocycles. The minimum absolute atomic E-state index is 0.504. The molecule has 3 heteroatoms. The van der Waals surface area contributed by atoms with E-state index in [9.17, 15) is 4.79 Å². The van der Waals surface area contributed by atoms with Gasteiger partial charge in [0.1, 0.15) is 5.69 Å². The molecule has 1 aromatic rings. The van der Waals surface area contributed by atoms with Gasteiger partial charge in [0, 0.05) is 9.26 Å². The van der Waals surface area contributed by atoms with Crippen molar-refractivity contribution in [1.82, 2.24) is 4.98 Å². The molecule has 1 heterocycles. The van der Waals surface area contributed by atoms with Crippen LogP contribution in [0.4, 0.5) is 0 Å². The fourth-order valence-corrected chi connectivity index (χ4v) is 1.48. The van der Waals surface area contributed by atoms with Gasteiger partial charge in [0.15, 0.2) is 6.29 Å². The predicted molar refractivity (Wildman–Crippen MR) is 47.1 cm³/mol. The number of rotatable bonds is 1. The van der Waals surface area contributed by atoms with E-state index in [1.165, 1.54) is 0 Å². The van der Waals surface area contributed by atoms with Crippen molar-refractivity contribution in [3.05, 3.63) is 27.1 Å². The first kappa shape index (κ1) is 7.65. The number of nitrogens with zero attached hydrogens (tertiary/aromatic N) is 1. The van der Waals surface area contributed by atoms with Crippen LogP contribution in [0, 0.1) is 10.5 Å². The van der Waals surface area contributed by atoms with Gasteiger partial charge in [-0.2, -0.15) is 0 Å². The zero-order valence-electron chi connectivity index (χ0n) is 5.47. The second kappa shape index (κ2) is 3.09. The summed E-state index contributed by atoms with van der Waals surface area (Å²) >= 11 is 2.16. The second-order valence-corrected chi connectivity index (χ2v) is 3.22. The summed E-state index contributed by atoms with van der Waals surface area (Å²) in [6, 6.07) is 3.67. The summed E-state index contributed by atoms with van der Waals surface area (Å²) in [5.74, 6) is 0. The molecular formula is C7H6INO. The molecule has 0 radical (unpaired) electrons. The van der Waals surface area contributed by atoms with Gasteiger partial charge in [-0.1, -0.05) is 0 Å². The summed E-state index contributed by atoms with van der Waals surface area (Å²) < 4.78 is 1.05. The van der Waals surface area contributed by atoms with Crippen molar-refractivity contribution in [2.75, 3.05) is 0 Å². The zero-order chi connectivity index (χ0) is 7.56. The molecule has 0 aliphatic carbocycles. The van der Waals surface area contributed by atoms with Gasteiger partial charge in [-0.05, 0) is 41.6 Å². The number of aromatic nitrogens is 1. The maximum absolute atomic E-state index is 10.2. The number of aldehydes is 1. The van der Waals surface area contributed by atoms with E-state index < -0.39 is 0 Å². The second-order valence-electron chi connectivity index (χ2n) is 1.97. The van der Waals surface area contributed by atoms with Crippen molar-refractivity contribution >= 4 is 28.9 Å². The van der Waals surface area contributed by atoms with Crippen LogP contribution in [0.15, 0.2) is 12.1 Å². The third-order valence-corrected chi connectivity index (χ3v) is 1.68. The van der Waals surface area contributed by atoms with Gasteiger partial charge < -0.3 is 0 Å². The molecule has 0 spiro atoms. The van der Waals surface area contributed by atoms with E-state index >= 15 is 0 Å². The maximum atomic E-state index is 10.2. The number of carbonyl (C=O) groups is 1. The van der Waals surface area contributed by atoms with E-state index in [4.69, 9.17) is 0 Å². The summed E-state index contributed by atoms with van der Waals surface area (Å²) in [5, 5.41) is 0. The Labute approximate surface area is 72.8 Å². The lowest BCUT2D eigenvalue weighted by Gasteiger charge is -1.94. The van der Waals surface area contributed by atoms with Gasteiger partial charge in [0.25, 0.3) is 0 Å². The molecule has 0 saturated carbocycles. The smallest absolute Gasteiger partial charge is 0.168 e. The largest absolute Gasteiger partial charge is 0.296 e. The highest BCUT2D eigenvalue weighted by Gasteiger charge is 1.94. The Hall–Kier alpha value is -0.450. The molecule has 0 saturated heterocycles. The molecular weight excluding hydrogens is 241 g/mol. The van der Waals surface area contributed by atoms with Crippen molar-refractivity contribution < 1.29 is 4.79 Å². The quantitative estimate of drug-likeness (QED) is 0.559. The monoisotopic (exact) mass is 247 g/mol. The average Bonchev–Trinajstić information content (AvgIpc) is 1.85. The van der Waals surface area contributed by atoms with E-state index in [0.29, 0.717) is 5.69 Å². The van der Waals surface area contributed by atoms with E-state index in [-0.39, 0.29) is 0 Å². The average molecular weight is 247 g/mol. The van der Waals surface area contributed by atoms with Crippen LogP contribution in [0.1, 0.15) is 16.2 Å². The molecule has 0 amide bonds. The highest BCUT2D eigenvalue weighted by atomic mass is 127. The molecule has 0 atom stereocenters. The van der Waals surface area contributed by atoms with Crippen LogP contribution in [0.3, 0.4) is 0 Å². The van der Waals surface area contributed by atoms with Gasteiger partial charge in [0.2, 0.25) is 0 Å². The minimum atomic E-state index is 0.504. The molecule has 0 fully saturated rings. The van der Waals surface area contributed by atoms with Gasteiger partial charge in [-0.3, -0.25) is 9.78 Å². The van der Waals surface area contributed by atoms with Crippen molar-refractivity contribution in [2.45, 2.75) is 6.92 Å². The number of hydrogen-bond donors (Lipinski definition) is 0. The Morgan fingerprint density at radius 3 is 2.80 bits per heavy atom. The third-order valence-electron chi connectivity index (χ3n) is 1.06. The highest BCUT2D eigenvalue weighted by molar-refractivity contribution is 14.1. The molecule has 10 heavy (non-hydrogen) atoms.